The zero-order chi connectivity index (χ0) is 25.3. The van der Waals surface area contributed by atoms with Gasteiger partial charge in [-0.1, -0.05) is 19.6 Å². The third-order valence-electron chi connectivity index (χ3n) is 6.24. The number of piperidine rings is 1. The third kappa shape index (κ3) is 7.63. The molecule has 1 aliphatic heterocycles. The summed E-state index contributed by atoms with van der Waals surface area (Å²) >= 11 is 0. The predicted octanol–water partition coefficient (Wildman–Crippen LogP) is 4.23. The molecule has 0 aliphatic carbocycles. The number of methoxy groups -OCH3 is 1. The second-order valence-electron chi connectivity index (χ2n) is 10.0. The Morgan fingerprint density at radius 2 is 2.15 bits per heavy atom. The van der Waals surface area contributed by atoms with Crippen LogP contribution in [0.4, 0.5) is 5.69 Å². The average molecular weight is 485 g/mol. The van der Waals surface area contributed by atoms with Crippen molar-refractivity contribution in [3.05, 3.63) is 30.1 Å². The molecule has 34 heavy (non-hydrogen) atoms. The second kappa shape index (κ2) is 13.0. The van der Waals surface area contributed by atoms with Crippen LogP contribution in [0.25, 0.3) is 16.6 Å². The third-order valence-corrected chi connectivity index (χ3v) is 7.94. The zero-order valence-electron chi connectivity index (χ0n) is 21.6. The molecule has 1 fully saturated rings. The van der Waals surface area contributed by atoms with Crippen molar-refractivity contribution in [2.75, 3.05) is 38.8 Å². The number of aromatic nitrogens is 2. The van der Waals surface area contributed by atoms with Crippen LogP contribution >= 0.6 is 0 Å². The molecule has 0 spiro atoms. The van der Waals surface area contributed by atoms with Crippen molar-refractivity contribution in [1.29, 1.82) is 10.8 Å². The SMILES string of the molecule is CB(O)N(C)[C@H]1CCCN(c2ccnc3[nH]cc(/C(C=N)=C/C=N)c23)C1.COCC[Si](C)(C)C. The van der Waals surface area contributed by atoms with E-state index in [1.807, 2.05) is 24.1 Å². The van der Waals surface area contributed by atoms with Crippen molar-refractivity contribution in [2.24, 2.45) is 0 Å². The number of anilines is 1. The maximum Gasteiger partial charge on any atom is 0.376 e. The van der Waals surface area contributed by atoms with Crippen LogP contribution in [-0.4, -0.2) is 87.3 Å². The van der Waals surface area contributed by atoms with Crippen LogP contribution in [-0.2, 0) is 4.74 Å². The van der Waals surface area contributed by atoms with Crippen molar-refractivity contribution in [3.8, 4) is 0 Å². The first-order valence-electron chi connectivity index (χ1n) is 11.9. The molecule has 8 nitrogen and oxygen atoms in total. The molecule has 10 heteroatoms. The lowest BCUT2D eigenvalue weighted by molar-refractivity contribution is 0.214. The van der Waals surface area contributed by atoms with Gasteiger partial charge in [-0.25, -0.2) is 4.98 Å². The molecule has 3 heterocycles. The van der Waals surface area contributed by atoms with Gasteiger partial charge in [-0.15, -0.1) is 0 Å². The van der Waals surface area contributed by atoms with Gasteiger partial charge in [0.05, 0.1) is 0 Å². The minimum Gasteiger partial charge on any atom is -0.437 e. The quantitative estimate of drug-likeness (QED) is 0.314. The Hall–Kier alpha value is -2.27. The molecular weight excluding hydrogens is 443 g/mol. The highest BCUT2D eigenvalue weighted by Gasteiger charge is 2.28. The highest BCUT2D eigenvalue weighted by Crippen LogP contribution is 2.33. The minimum atomic E-state index is -0.803. The Labute approximate surface area is 205 Å². The van der Waals surface area contributed by atoms with Gasteiger partial charge in [-0.2, -0.15) is 0 Å². The van der Waals surface area contributed by atoms with Crippen LogP contribution < -0.4 is 4.90 Å². The van der Waals surface area contributed by atoms with Crippen molar-refractivity contribution in [1.82, 2.24) is 14.8 Å². The van der Waals surface area contributed by atoms with Gasteiger partial charge in [0.2, 0.25) is 0 Å². The summed E-state index contributed by atoms with van der Waals surface area (Å²) in [6.07, 6.45) is 9.85. The van der Waals surface area contributed by atoms with Crippen molar-refractivity contribution in [2.45, 2.75) is 51.4 Å². The van der Waals surface area contributed by atoms with Crippen LogP contribution in [0.2, 0.25) is 32.5 Å². The predicted molar refractivity (Wildman–Crippen MR) is 149 cm³/mol. The van der Waals surface area contributed by atoms with Crippen LogP contribution in [0.5, 0.6) is 0 Å². The largest absolute Gasteiger partial charge is 0.437 e. The van der Waals surface area contributed by atoms with E-state index in [9.17, 15) is 5.02 Å². The molecule has 0 aromatic carbocycles. The fourth-order valence-electron chi connectivity index (χ4n) is 4.06. The average Bonchev–Trinajstić information content (AvgIpc) is 3.25. The summed E-state index contributed by atoms with van der Waals surface area (Å²) in [6.45, 7) is 11.6. The molecule has 0 saturated carbocycles. The summed E-state index contributed by atoms with van der Waals surface area (Å²) in [6, 6.07) is 3.58. The maximum atomic E-state index is 9.92. The first kappa shape index (κ1) is 28.0. The lowest BCUT2D eigenvalue weighted by atomic mass is 9.82. The number of allylic oxidation sites excluding steroid dienone is 2. The molecular formula is C24H41BN6O2Si. The number of H-pyrrole nitrogens is 1. The first-order chi connectivity index (χ1) is 16.1. The Bertz CT molecular complexity index is 972. The Morgan fingerprint density at radius 1 is 1.41 bits per heavy atom. The van der Waals surface area contributed by atoms with E-state index in [1.165, 1.54) is 18.5 Å². The van der Waals surface area contributed by atoms with Gasteiger partial charge in [0.15, 0.2) is 0 Å². The van der Waals surface area contributed by atoms with Gasteiger partial charge in [0, 0.05) is 88.0 Å². The summed E-state index contributed by atoms with van der Waals surface area (Å²) in [4.78, 5) is 12.0. The number of hydrogen-bond acceptors (Lipinski definition) is 7. The number of nitrogens with zero attached hydrogens (tertiary/aromatic N) is 3. The number of likely N-dealkylation sites (N-methyl/N-ethyl adjacent to an activating group) is 1. The van der Waals surface area contributed by atoms with E-state index in [4.69, 9.17) is 15.6 Å². The normalized spacial score (nSPS) is 16.9. The molecule has 4 N–H and O–H groups in total. The van der Waals surface area contributed by atoms with Gasteiger partial charge in [0.1, 0.15) is 5.65 Å². The fourth-order valence-corrected chi connectivity index (χ4v) is 4.87. The zero-order valence-corrected chi connectivity index (χ0v) is 22.6. The second-order valence-corrected chi connectivity index (χ2v) is 15.7. The van der Waals surface area contributed by atoms with Crippen LogP contribution in [0.3, 0.4) is 0 Å². The number of ether oxygens (including phenoxy) is 1. The summed E-state index contributed by atoms with van der Waals surface area (Å²) in [5, 5.41) is 25.9. The first-order valence-corrected chi connectivity index (χ1v) is 15.6. The van der Waals surface area contributed by atoms with E-state index in [-0.39, 0.29) is 6.04 Å². The highest BCUT2D eigenvalue weighted by molar-refractivity contribution is 6.76. The molecule has 0 bridgehead atoms. The van der Waals surface area contributed by atoms with Crippen molar-refractivity contribution >= 4 is 49.8 Å². The number of nitrogens with one attached hydrogen (secondary N) is 3. The lowest BCUT2D eigenvalue weighted by Gasteiger charge is -2.39. The Balaban J connectivity index is 0.000000440. The standard InChI is InChI=1S/C18H25BN6O.C6H16OSi/c1-19(26)24(2)14-4-3-9-25(12-14)16-6-8-22-18-17(16)15(11-23-18)13(10-21)5-7-20;1-7-5-6-8(2,3)4/h5-8,10-11,14,20-21,26H,3-4,9,12H2,1-2H3,(H,22,23);5-6H2,1-4H3/b13-5+,20-7?,21-10?;/t14-;/m0./s1. The van der Waals surface area contributed by atoms with Gasteiger partial charge in [0.25, 0.3) is 0 Å². The van der Waals surface area contributed by atoms with Crippen LogP contribution in [0.1, 0.15) is 18.4 Å². The van der Waals surface area contributed by atoms with E-state index in [1.54, 1.807) is 26.2 Å². The Kier molecular flexibility index (Phi) is 10.7. The number of aromatic amines is 1. The van der Waals surface area contributed by atoms with E-state index >= 15 is 0 Å². The minimum absolute atomic E-state index is 0.286. The molecule has 1 aliphatic rings. The van der Waals surface area contributed by atoms with E-state index in [0.29, 0.717) is 5.57 Å². The van der Waals surface area contributed by atoms with Crippen LogP contribution in [0, 0.1) is 10.8 Å². The lowest BCUT2D eigenvalue weighted by Crippen LogP contribution is -2.51. The maximum absolute atomic E-state index is 9.92. The number of pyridine rings is 1. The molecule has 0 amide bonds. The summed E-state index contributed by atoms with van der Waals surface area (Å²) in [5.74, 6) is 0. The van der Waals surface area contributed by atoms with E-state index in [0.717, 1.165) is 54.8 Å². The monoisotopic (exact) mass is 484 g/mol. The molecule has 0 unspecified atom stereocenters. The van der Waals surface area contributed by atoms with Gasteiger partial charge in [-0.05, 0) is 44.9 Å². The molecule has 3 rings (SSSR count). The Morgan fingerprint density at radius 3 is 2.71 bits per heavy atom. The topological polar surface area (TPSA) is 112 Å². The fraction of sp³-hybridized carbons (Fsp3) is 0.542. The van der Waals surface area contributed by atoms with Crippen molar-refractivity contribution in [3.63, 3.8) is 0 Å². The highest BCUT2D eigenvalue weighted by atomic mass is 28.3. The summed E-state index contributed by atoms with van der Waals surface area (Å²) in [7, 11) is 2.45. The van der Waals surface area contributed by atoms with Gasteiger partial charge in [-0.3, -0.25) is 0 Å². The molecule has 186 valence electrons. The number of hydrogen-bond donors (Lipinski definition) is 4. The van der Waals surface area contributed by atoms with Crippen LogP contribution in [0.15, 0.2) is 24.5 Å². The molecule has 2 aromatic heterocycles. The van der Waals surface area contributed by atoms with E-state index < -0.39 is 15.1 Å². The van der Waals surface area contributed by atoms with Gasteiger partial charge >= 0.3 is 7.05 Å². The molecule has 0 radical (unpaired) electrons. The van der Waals surface area contributed by atoms with Gasteiger partial charge < -0.3 is 35.3 Å². The molecule has 1 atom stereocenters. The summed E-state index contributed by atoms with van der Waals surface area (Å²) < 4.78 is 4.95. The summed E-state index contributed by atoms with van der Waals surface area (Å²) in [5.41, 5.74) is 3.41. The molecule has 1 saturated heterocycles. The smallest absolute Gasteiger partial charge is 0.376 e. The number of rotatable bonds is 9. The molecule has 2 aromatic rings. The van der Waals surface area contributed by atoms with E-state index in [2.05, 4.69) is 34.5 Å². The van der Waals surface area contributed by atoms with Crippen molar-refractivity contribution < 1.29 is 9.76 Å². The number of fused-ring (bicyclic) bond motifs is 1.